The molecule has 0 saturated carbocycles. The molecular formula is C20H16F3N3O4S3. The monoisotopic (exact) mass is 515 g/mol. The lowest BCUT2D eigenvalue weighted by Crippen LogP contribution is -2.21. The van der Waals surface area contributed by atoms with Crippen molar-refractivity contribution in [3.63, 3.8) is 0 Å². The number of imidazole rings is 1. The van der Waals surface area contributed by atoms with E-state index in [-0.39, 0.29) is 37.6 Å². The molecule has 0 bridgehead atoms. The quantitative estimate of drug-likeness (QED) is 0.341. The van der Waals surface area contributed by atoms with Crippen LogP contribution in [0.3, 0.4) is 0 Å². The van der Waals surface area contributed by atoms with E-state index in [0.29, 0.717) is 5.52 Å². The van der Waals surface area contributed by atoms with Crippen LogP contribution in [0.25, 0.3) is 11.0 Å². The highest BCUT2D eigenvalue weighted by Crippen LogP contribution is 2.30. The van der Waals surface area contributed by atoms with Crippen molar-refractivity contribution >= 4 is 43.6 Å². The van der Waals surface area contributed by atoms with Crippen LogP contribution < -0.4 is 4.74 Å². The fraction of sp³-hybridized carbons (Fsp3) is 0.200. The molecule has 0 amide bonds. The summed E-state index contributed by atoms with van der Waals surface area (Å²) in [6.07, 6.45) is -3.27. The predicted molar refractivity (Wildman–Crippen MR) is 117 cm³/mol. The lowest BCUT2D eigenvalue weighted by Gasteiger charge is -2.15. The van der Waals surface area contributed by atoms with Gasteiger partial charge in [0.1, 0.15) is 9.96 Å². The molecule has 0 spiro atoms. The van der Waals surface area contributed by atoms with E-state index in [1.165, 1.54) is 25.3 Å². The van der Waals surface area contributed by atoms with E-state index in [9.17, 15) is 26.1 Å². The first-order valence-corrected chi connectivity index (χ1v) is 13.0. The van der Waals surface area contributed by atoms with E-state index in [1.54, 1.807) is 35.7 Å². The number of rotatable bonds is 7. The van der Waals surface area contributed by atoms with Gasteiger partial charge < -0.3 is 9.29 Å². The largest absolute Gasteiger partial charge is 0.609 e. The summed E-state index contributed by atoms with van der Waals surface area (Å²) in [6.45, 7) is 0.0197. The second-order valence-corrected chi connectivity index (χ2v) is 11.2. The normalized spacial score (nSPS) is 13.4. The number of hydrogen-bond donors (Lipinski definition) is 0. The van der Waals surface area contributed by atoms with Crippen molar-refractivity contribution in [3.05, 3.63) is 65.3 Å². The molecule has 1 atom stereocenters. The molecule has 0 aliphatic carbocycles. The molecule has 1 unspecified atom stereocenters. The highest BCUT2D eigenvalue weighted by molar-refractivity contribution is 7.94. The third-order valence-corrected chi connectivity index (χ3v) is 9.01. The number of fused-ring (bicyclic) bond motifs is 1. The summed E-state index contributed by atoms with van der Waals surface area (Å²) in [4.78, 5) is 8.39. The van der Waals surface area contributed by atoms with Gasteiger partial charge in [0.15, 0.2) is 12.4 Å². The maximum atomic E-state index is 13.3. The minimum Gasteiger partial charge on any atom is -0.609 e. The van der Waals surface area contributed by atoms with E-state index in [1.807, 2.05) is 0 Å². The van der Waals surface area contributed by atoms with E-state index in [2.05, 4.69) is 9.97 Å². The molecule has 13 heteroatoms. The Kier molecular flexibility index (Phi) is 6.40. The van der Waals surface area contributed by atoms with Crippen LogP contribution in [0.15, 0.2) is 63.4 Å². The van der Waals surface area contributed by atoms with Gasteiger partial charge in [-0.25, -0.2) is 0 Å². The van der Waals surface area contributed by atoms with E-state index < -0.39 is 34.0 Å². The Morgan fingerprint density at radius 2 is 1.94 bits per heavy atom. The van der Waals surface area contributed by atoms with Crippen LogP contribution in [-0.4, -0.2) is 39.7 Å². The first-order chi connectivity index (χ1) is 15.6. The summed E-state index contributed by atoms with van der Waals surface area (Å²) < 4.78 is 83.3. The summed E-state index contributed by atoms with van der Waals surface area (Å²) in [5.41, 5.74) is 1.09. The molecule has 1 aromatic carbocycles. The Bertz CT molecular complexity index is 1390. The van der Waals surface area contributed by atoms with Gasteiger partial charge >= 0.3 is 11.3 Å². The minimum atomic E-state index is -4.51. The summed E-state index contributed by atoms with van der Waals surface area (Å²) in [7, 11) is -4.08. The third-order valence-electron chi connectivity index (χ3n) is 4.60. The minimum absolute atomic E-state index is 0.0472. The second-order valence-electron chi connectivity index (χ2n) is 6.86. The van der Waals surface area contributed by atoms with Crippen molar-refractivity contribution in [1.82, 2.24) is 13.9 Å². The molecule has 0 fully saturated rings. The highest BCUT2D eigenvalue weighted by atomic mass is 32.2. The number of pyridine rings is 1. The van der Waals surface area contributed by atoms with Crippen molar-refractivity contribution in [2.75, 3.05) is 6.61 Å². The van der Waals surface area contributed by atoms with Gasteiger partial charge in [-0.05, 0) is 36.6 Å². The summed E-state index contributed by atoms with van der Waals surface area (Å²) in [6, 6.07) is 10.8. The van der Waals surface area contributed by atoms with Crippen LogP contribution >= 0.6 is 11.3 Å². The highest BCUT2D eigenvalue weighted by Gasteiger charge is 2.33. The molecule has 4 rings (SSSR count). The van der Waals surface area contributed by atoms with Gasteiger partial charge in [-0.15, -0.1) is 11.3 Å². The average molecular weight is 516 g/mol. The number of thiophene rings is 1. The summed E-state index contributed by atoms with van der Waals surface area (Å²) in [5, 5.41) is 1.41. The number of alkyl halides is 3. The number of benzene rings is 1. The van der Waals surface area contributed by atoms with Gasteiger partial charge in [0.2, 0.25) is 0 Å². The molecule has 0 aliphatic heterocycles. The Labute approximate surface area is 194 Å². The Morgan fingerprint density at radius 3 is 2.64 bits per heavy atom. The zero-order valence-corrected chi connectivity index (χ0v) is 19.4. The standard InChI is InChI=1S/C20H16F3N3O4S3/c1-13-15(24-9-8-17(13)30-12-20(21,22)23)11-32(27)19-25-14-5-2-3-6-16(14)26(19)33(28,29)18-7-4-10-31-18/h2-10H,11-12H2,1H3. The van der Waals surface area contributed by atoms with Crippen molar-refractivity contribution in [1.29, 1.82) is 0 Å². The van der Waals surface area contributed by atoms with E-state index >= 15 is 0 Å². The van der Waals surface area contributed by atoms with E-state index in [4.69, 9.17) is 4.74 Å². The zero-order chi connectivity index (χ0) is 23.8. The van der Waals surface area contributed by atoms with Crippen molar-refractivity contribution in [2.24, 2.45) is 0 Å². The number of halogens is 3. The molecule has 3 aromatic heterocycles. The molecule has 33 heavy (non-hydrogen) atoms. The molecule has 4 aromatic rings. The van der Waals surface area contributed by atoms with Crippen molar-refractivity contribution in [3.8, 4) is 5.75 Å². The lowest BCUT2D eigenvalue weighted by atomic mass is 10.2. The van der Waals surface area contributed by atoms with Crippen LogP contribution in [0.4, 0.5) is 13.2 Å². The van der Waals surface area contributed by atoms with Crippen LogP contribution in [0.2, 0.25) is 0 Å². The Balaban J connectivity index is 1.73. The van der Waals surface area contributed by atoms with Gasteiger partial charge in [-0.1, -0.05) is 18.2 Å². The number of para-hydroxylation sites is 2. The van der Waals surface area contributed by atoms with Crippen LogP contribution in [0.1, 0.15) is 11.3 Å². The maximum Gasteiger partial charge on any atom is 0.422 e. The smallest absolute Gasteiger partial charge is 0.422 e. The SMILES string of the molecule is Cc1c(OCC(F)(F)F)ccnc1C[S+]([O-])c1nc2ccccc2n1S(=O)(=O)c1cccs1. The van der Waals surface area contributed by atoms with Crippen LogP contribution in [-0.2, 0) is 27.0 Å². The van der Waals surface area contributed by atoms with Crippen LogP contribution in [0, 0.1) is 6.92 Å². The number of nitrogens with zero attached hydrogens (tertiary/aromatic N) is 3. The Hall–Kier alpha value is -2.61. The first-order valence-electron chi connectivity index (χ1n) is 9.37. The molecule has 7 nitrogen and oxygen atoms in total. The lowest BCUT2D eigenvalue weighted by molar-refractivity contribution is -0.153. The van der Waals surface area contributed by atoms with Gasteiger partial charge in [0, 0.05) is 22.9 Å². The molecule has 0 radical (unpaired) electrons. The Morgan fingerprint density at radius 1 is 1.18 bits per heavy atom. The average Bonchev–Trinajstić information content (AvgIpc) is 3.42. The summed E-state index contributed by atoms with van der Waals surface area (Å²) in [5.74, 6) is -0.313. The van der Waals surface area contributed by atoms with E-state index in [0.717, 1.165) is 15.3 Å². The number of hydrogen-bond acceptors (Lipinski definition) is 7. The fourth-order valence-electron chi connectivity index (χ4n) is 3.07. The molecule has 3 heterocycles. The predicted octanol–water partition coefficient (Wildman–Crippen LogP) is 4.29. The zero-order valence-electron chi connectivity index (χ0n) is 16.9. The molecule has 174 valence electrons. The molecular weight excluding hydrogens is 499 g/mol. The first kappa shape index (κ1) is 23.5. The number of aromatic nitrogens is 3. The molecule has 0 saturated heterocycles. The topological polar surface area (TPSA) is 97.1 Å². The van der Waals surface area contributed by atoms with Crippen molar-refractivity contribution < 1.29 is 30.9 Å². The molecule has 0 aliphatic rings. The van der Waals surface area contributed by atoms with Gasteiger partial charge in [-0.3, -0.25) is 4.98 Å². The third kappa shape index (κ3) is 4.86. The van der Waals surface area contributed by atoms with Crippen molar-refractivity contribution in [2.45, 2.75) is 28.2 Å². The fourth-order valence-corrected chi connectivity index (χ4v) is 7.18. The number of ether oxygens (including phenoxy) is 1. The second kappa shape index (κ2) is 8.97. The molecule has 0 N–H and O–H groups in total. The van der Waals surface area contributed by atoms with Gasteiger partial charge in [0.25, 0.3) is 10.0 Å². The van der Waals surface area contributed by atoms with Gasteiger partial charge in [-0.2, -0.15) is 30.5 Å². The summed E-state index contributed by atoms with van der Waals surface area (Å²) >= 11 is -0.973. The maximum absolute atomic E-state index is 13.3. The van der Waals surface area contributed by atoms with Crippen LogP contribution in [0.5, 0.6) is 5.75 Å². The van der Waals surface area contributed by atoms with Gasteiger partial charge in [0.05, 0.1) is 16.7 Å².